The van der Waals surface area contributed by atoms with Gasteiger partial charge in [-0.15, -0.1) is 0 Å². The summed E-state index contributed by atoms with van der Waals surface area (Å²) < 4.78 is 5.20. The van der Waals surface area contributed by atoms with Gasteiger partial charge in [-0.05, 0) is 31.0 Å². The van der Waals surface area contributed by atoms with Gasteiger partial charge in [0.05, 0.1) is 7.11 Å². The Labute approximate surface area is 132 Å². The first-order valence-electron chi connectivity index (χ1n) is 7.73. The monoisotopic (exact) mass is 306 g/mol. The molecular weight excluding hydrogens is 280 g/mol. The number of methoxy groups -OCH3 is 1. The van der Waals surface area contributed by atoms with Gasteiger partial charge in [-0.1, -0.05) is 26.0 Å². The van der Waals surface area contributed by atoms with Gasteiger partial charge in [-0.3, -0.25) is 9.59 Å². The molecule has 0 radical (unpaired) electrons. The molecule has 5 nitrogen and oxygen atoms in total. The Kier molecular flexibility index (Phi) is 7.43. The van der Waals surface area contributed by atoms with Gasteiger partial charge in [-0.25, -0.2) is 0 Å². The summed E-state index contributed by atoms with van der Waals surface area (Å²) in [5.74, 6) is 0.581. The predicted molar refractivity (Wildman–Crippen MR) is 86.6 cm³/mol. The molecule has 1 aromatic rings. The highest BCUT2D eigenvalue weighted by Crippen LogP contribution is 2.16. The van der Waals surface area contributed by atoms with E-state index in [1.807, 2.05) is 31.2 Å². The van der Waals surface area contributed by atoms with Gasteiger partial charge in [0, 0.05) is 19.5 Å². The molecule has 0 aliphatic heterocycles. The van der Waals surface area contributed by atoms with Crippen LogP contribution in [-0.2, 0) is 16.1 Å². The van der Waals surface area contributed by atoms with Gasteiger partial charge in [0.2, 0.25) is 11.8 Å². The summed E-state index contributed by atoms with van der Waals surface area (Å²) >= 11 is 0. The van der Waals surface area contributed by atoms with Crippen molar-refractivity contribution in [2.24, 2.45) is 0 Å². The molecule has 1 aromatic carbocycles. The van der Waals surface area contributed by atoms with Crippen LogP contribution in [0.1, 0.15) is 39.2 Å². The van der Waals surface area contributed by atoms with E-state index in [9.17, 15) is 9.59 Å². The number of nitrogens with one attached hydrogen (secondary N) is 1. The van der Waals surface area contributed by atoms with Crippen LogP contribution in [0.25, 0.3) is 0 Å². The minimum absolute atomic E-state index is 0.0398. The third-order valence-corrected chi connectivity index (χ3v) is 3.51. The Morgan fingerprint density at radius 3 is 2.64 bits per heavy atom. The molecule has 0 fully saturated rings. The average molecular weight is 306 g/mol. The number of rotatable bonds is 8. The molecule has 22 heavy (non-hydrogen) atoms. The second-order valence-corrected chi connectivity index (χ2v) is 5.19. The smallest absolute Gasteiger partial charge is 0.242 e. The summed E-state index contributed by atoms with van der Waals surface area (Å²) in [6.45, 7) is 6.58. The predicted octanol–water partition coefficient (Wildman–Crippen LogP) is 2.35. The maximum absolute atomic E-state index is 12.2. The highest BCUT2D eigenvalue weighted by atomic mass is 16.5. The topological polar surface area (TPSA) is 58.6 Å². The van der Waals surface area contributed by atoms with Crippen LogP contribution in [0.2, 0.25) is 0 Å². The average Bonchev–Trinajstić information content (AvgIpc) is 2.56. The lowest BCUT2D eigenvalue weighted by molar-refractivity contribution is -0.140. The fourth-order valence-electron chi connectivity index (χ4n) is 2.15. The number of nitrogens with zero attached hydrogens (tertiary/aromatic N) is 1. The fourth-order valence-corrected chi connectivity index (χ4v) is 2.15. The van der Waals surface area contributed by atoms with Crippen LogP contribution in [0.4, 0.5) is 0 Å². The molecular formula is C17H26N2O3. The Morgan fingerprint density at radius 2 is 2.05 bits per heavy atom. The van der Waals surface area contributed by atoms with Gasteiger partial charge in [-0.2, -0.15) is 0 Å². The number of carbonyl (C=O) groups is 2. The Hall–Kier alpha value is -2.04. The van der Waals surface area contributed by atoms with E-state index in [4.69, 9.17) is 4.74 Å². The molecule has 0 heterocycles. The third-order valence-electron chi connectivity index (χ3n) is 3.51. The number of hydrogen-bond acceptors (Lipinski definition) is 3. The first-order chi connectivity index (χ1) is 10.5. The van der Waals surface area contributed by atoms with E-state index in [1.165, 1.54) is 0 Å². The number of benzene rings is 1. The van der Waals surface area contributed by atoms with E-state index in [2.05, 4.69) is 5.32 Å². The van der Waals surface area contributed by atoms with Crippen molar-refractivity contribution < 1.29 is 14.3 Å². The number of hydrogen-bond donors (Lipinski definition) is 1. The quantitative estimate of drug-likeness (QED) is 0.802. The molecule has 2 amide bonds. The van der Waals surface area contributed by atoms with Crippen LogP contribution < -0.4 is 10.1 Å². The van der Waals surface area contributed by atoms with Crippen LogP contribution in [0.5, 0.6) is 5.75 Å². The molecule has 0 aliphatic rings. The third kappa shape index (κ3) is 5.06. The molecule has 122 valence electrons. The van der Waals surface area contributed by atoms with Crippen molar-refractivity contribution in [1.29, 1.82) is 0 Å². The Balaban J connectivity index is 2.88. The van der Waals surface area contributed by atoms with Gasteiger partial charge < -0.3 is 15.0 Å². The standard InChI is InChI=1S/C17H26N2O3/c1-5-10-18-17(21)13(3)19(16(20)6-2)12-14-8-7-9-15(11-14)22-4/h7-9,11,13H,5-6,10,12H2,1-4H3,(H,18,21). The lowest BCUT2D eigenvalue weighted by Gasteiger charge is -2.28. The van der Waals surface area contributed by atoms with Crippen molar-refractivity contribution in [3.05, 3.63) is 29.8 Å². The van der Waals surface area contributed by atoms with Crippen LogP contribution in [0.3, 0.4) is 0 Å². The molecule has 1 rings (SSSR count). The Morgan fingerprint density at radius 1 is 1.32 bits per heavy atom. The summed E-state index contributed by atoms with van der Waals surface area (Å²) in [6.07, 6.45) is 1.24. The number of amides is 2. The van der Waals surface area contributed by atoms with E-state index in [0.717, 1.165) is 17.7 Å². The molecule has 1 atom stereocenters. The zero-order valence-electron chi connectivity index (χ0n) is 13.9. The maximum atomic E-state index is 12.2. The second kappa shape index (κ2) is 9.07. The van der Waals surface area contributed by atoms with Crippen molar-refractivity contribution in [3.63, 3.8) is 0 Å². The van der Waals surface area contributed by atoms with Gasteiger partial charge >= 0.3 is 0 Å². The molecule has 0 spiro atoms. The van der Waals surface area contributed by atoms with Gasteiger partial charge in [0.1, 0.15) is 11.8 Å². The van der Waals surface area contributed by atoms with E-state index in [1.54, 1.807) is 25.9 Å². The highest BCUT2D eigenvalue weighted by molar-refractivity contribution is 5.87. The molecule has 0 saturated carbocycles. The number of ether oxygens (including phenoxy) is 1. The van der Waals surface area contributed by atoms with Crippen molar-refractivity contribution in [3.8, 4) is 5.75 Å². The maximum Gasteiger partial charge on any atom is 0.242 e. The van der Waals surface area contributed by atoms with Crippen LogP contribution in [0.15, 0.2) is 24.3 Å². The highest BCUT2D eigenvalue weighted by Gasteiger charge is 2.24. The summed E-state index contributed by atoms with van der Waals surface area (Å²) in [6, 6.07) is 7.05. The molecule has 0 aliphatic carbocycles. The van der Waals surface area contributed by atoms with E-state index < -0.39 is 6.04 Å². The first-order valence-corrected chi connectivity index (χ1v) is 7.73. The summed E-state index contributed by atoms with van der Waals surface area (Å²) in [7, 11) is 1.61. The van der Waals surface area contributed by atoms with Crippen molar-refractivity contribution in [2.75, 3.05) is 13.7 Å². The molecule has 5 heteroatoms. The van der Waals surface area contributed by atoms with Crippen molar-refractivity contribution >= 4 is 11.8 Å². The Bertz CT molecular complexity index is 502. The zero-order valence-corrected chi connectivity index (χ0v) is 13.9. The van der Waals surface area contributed by atoms with E-state index in [0.29, 0.717) is 19.5 Å². The molecule has 1 unspecified atom stereocenters. The molecule has 0 aromatic heterocycles. The van der Waals surface area contributed by atoms with Crippen molar-refractivity contribution in [2.45, 2.75) is 46.2 Å². The first kappa shape index (κ1) is 18.0. The van der Waals surface area contributed by atoms with E-state index in [-0.39, 0.29) is 11.8 Å². The summed E-state index contributed by atoms with van der Waals surface area (Å²) in [5.41, 5.74) is 0.941. The molecule has 0 saturated heterocycles. The summed E-state index contributed by atoms with van der Waals surface area (Å²) in [4.78, 5) is 26.0. The van der Waals surface area contributed by atoms with Gasteiger partial charge in [0.25, 0.3) is 0 Å². The van der Waals surface area contributed by atoms with Crippen LogP contribution in [-0.4, -0.2) is 36.4 Å². The lowest BCUT2D eigenvalue weighted by atomic mass is 10.1. The lowest BCUT2D eigenvalue weighted by Crippen LogP contribution is -2.47. The normalized spacial score (nSPS) is 11.6. The minimum atomic E-state index is -0.495. The van der Waals surface area contributed by atoms with Crippen LogP contribution in [0, 0.1) is 0 Å². The molecule has 0 bridgehead atoms. The number of carbonyl (C=O) groups excluding carboxylic acids is 2. The van der Waals surface area contributed by atoms with Crippen LogP contribution >= 0.6 is 0 Å². The van der Waals surface area contributed by atoms with Crippen molar-refractivity contribution in [1.82, 2.24) is 10.2 Å². The SMILES string of the molecule is CCCNC(=O)C(C)N(Cc1cccc(OC)c1)C(=O)CC. The zero-order chi connectivity index (χ0) is 16.5. The summed E-state index contributed by atoms with van der Waals surface area (Å²) in [5, 5.41) is 2.84. The largest absolute Gasteiger partial charge is 0.497 e. The fraction of sp³-hybridized carbons (Fsp3) is 0.529. The second-order valence-electron chi connectivity index (χ2n) is 5.19. The minimum Gasteiger partial charge on any atom is -0.497 e. The molecule has 1 N–H and O–H groups in total. The van der Waals surface area contributed by atoms with Gasteiger partial charge in [0.15, 0.2) is 0 Å². The van der Waals surface area contributed by atoms with E-state index >= 15 is 0 Å².